The monoisotopic (exact) mass is 249 g/mol. The normalized spacial score (nSPS) is 27.2. The number of carbonyl (C=O) groups is 1. The summed E-state index contributed by atoms with van der Waals surface area (Å²) in [7, 11) is 3.22. The Balaban J connectivity index is 2.23. The molecule has 4 heteroatoms. The molecular formula is C14H19NO3. The smallest absolute Gasteiger partial charge is 0.249 e. The van der Waals surface area contributed by atoms with E-state index in [2.05, 4.69) is 29.6 Å². The number of rotatable bonds is 3. The summed E-state index contributed by atoms with van der Waals surface area (Å²) >= 11 is 0. The molecule has 1 aliphatic heterocycles. The highest BCUT2D eigenvalue weighted by Gasteiger charge is 2.40. The molecule has 0 saturated carbocycles. The maximum absolute atomic E-state index is 11.8. The Kier molecular flexibility index (Phi) is 3.99. The fraction of sp³-hybridized carbons (Fsp3) is 0.500. The number of methoxy groups -OCH3 is 1. The van der Waals surface area contributed by atoms with Crippen molar-refractivity contribution in [3.63, 3.8) is 0 Å². The minimum atomic E-state index is -0.470. The van der Waals surface area contributed by atoms with E-state index >= 15 is 0 Å². The molecule has 1 aliphatic rings. The number of nitrogens with one attached hydrogen (secondary N) is 1. The van der Waals surface area contributed by atoms with Crippen molar-refractivity contribution in [2.45, 2.75) is 31.7 Å². The maximum atomic E-state index is 11.8. The molecule has 1 aromatic rings. The summed E-state index contributed by atoms with van der Waals surface area (Å²) in [4.78, 5) is 11.8. The van der Waals surface area contributed by atoms with Gasteiger partial charge in [-0.2, -0.15) is 0 Å². The number of likely N-dealkylation sites (N-methyl/N-ethyl adjacent to an activating group) is 1. The summed E-state index contributed by atoms with van der Waals surface area (Å²) in [6.07, 6.45) is -0.0706. The van der Waals surface area contributed by atoms with Crippen LogP contribution in [0.3, 0.4) is 0 Å². The first-order chi connectivity index (χ1) is 8.65. The van der Waals surface area contributed by atoms with Crippen molar-refractivity contribution in [1.82, 2.24) is 5.32 Å². The molecule has 0 radical (unpaired) electrons. The Labute approximate surface area is 107 Å². The molecule has 1 N–H and O–H groups in total. The zero-order chi connectivity index (χ0) is 13.1. The van der Waals surface area contributed by atoms with Gasteiger partial charge in [-0.1, -0.05) is 29.8 Å². The molecule has 98 valence electrons. The van der Waals surface area contributed by atoms with Crippen molar-refractivity contribution in [3.05, 3.63) is 35.4 Å². The second-order valence-corrected chi connectivity index (χ2v) is 4.59. The van der Waals surface area contributed by atoms with Gasteiger partial charge < -0.3 is 14.8 Å². The number of benzene rings is 1. The van der Waals surface area contributed by atoms with E-state index in [0.29, 0.717) is 6.42 Å². The molecule has 1 saturated heterocycles. The fourth-order valence-electron chi connectivity index (χ4n) is 2.31. The van der Waals surface area contributed by atoms with E-state index in [4.69, 9.17) is 9.47 Å². The lowest BCUT2D eigenvalue weighted by Gasteiger charge is -2.17. The zero-order valence-electron chi connectivity index (χ0n) is 11.0. The maximum Gasteiger partial charge on any atom is 0.249 e. The van der Waals surface area contributed by atoms with Crippen LogP contribution >= 0.6 is 0 Å². The van der Waals surface area contributed by atoms with E-state index in [1.165, 1.54) is 5.56 Å². The van der Waals surface area contributed by atoms with Gasteiger partial charge in [0.2, 0.25) is 5.91 Å². The van der Waals surface area contributed by atoms with Crippen LogP contribution < -0.4 is 5.32 Å². The topological polar surface area (TPSA) is 47.6 Å². The van der Waals surface area contributed by atoms with Crippen LogP contribution in [0, 0.1) is 6.92 Å². The molecule has 0 aliphatic carbocycles. The lowest BCUT2D eigenvalue weighted by Crippen LogP contribution is -2.35. The zero-order valence-corrected chi connectivity index (χ0v) is 11.0. The quantitative estimate of drug-likeness (QED) is 0.885. The van der Waals surface area contributed by atoms with Gasteiger partial charge in [-0.25, -0.2) is 0 Å². The minimum Gasteiger partial charge on any atom is -0.357 e. The van der Waals surface area contributed by atoms with Crippen molar-refractivity contribution in [1.29, 1.82) is 0 Å². The predicted molar refractivity (Wildman–Crippen MR) is 68.3 cm³/mol. The van der Waals surface area contributed by atoms with Crippen LogP contribution in [0.5, 0.6) is 0 Å². The Morgan fingerprint density at radius 2 is 2.06 bits per heavy atom. The van der Waals surface area contributed by atoms with Gasteiger partial charge in [0, 0.05) is 26.5 Å². The van der Waals surface area contributed by atoms with Gasteiger partial charge in [0.15, 0.2) is 6.29 Å². The van der Waals surface area contributed by atoms with Crippen LogP contribution in [0.2, 0.25) is 0 Å². The first-order valence-corrected chi connectivity index (χ1v) is 6.12. The van der Waals surface area contributed by atoms with Crippen LogP contribution in [0.4, 0.5) is 0 Å². The SMILES string of the molecule is CNC(=O)[C@H]1O[C@H](OC)C[C@@H]1c1ccc(C)cc1. The van der Waals surface area contributed by atoms with E-state index in [1.54, 1.807) is 14.2 Å². The summed E-state index contributed by atoms with van der Waals surface area (Å²) in [5.74, 6) is -0.0457. The number of hydrogen-bond acceptors (Lipinski definition) is 3. The highest BCUT2D eigenvalue weighted by molar-refractivity contribution is 5.82. The molecule has 18 heavy (non-hydrogen) atoms. The highest BCUT2D eigenvalue weighted by atomic mass is 16.7. The third-order valence-corrected chi connectivity index (χ3v) is 3.38. The Hall–Kier alpha value is -1.39. The number of hydrogen-bond donors (Lipinski definition) is 1. The minimum absolute atomic E-state index is 0.0514. The summed E-state index contributed by atoms with van der Waals surface area (Å²) < 4.78 is 10.8. The van der Waals surface area contributed by atoms with Crippen molar-refractivity contribution in [2.75, 3.05) is 14.2 Å². The average molecular weight is 249 g/mol. The summed E-state index contributed by atoms with van der Waals surface area (Å²) in [6.45, 7) is 2.04. The van der Waals surface area contributed by atoms with Crippen LogP contribution in [-0.2, 0) is 14.3 Å². The van der Waals surface area contributed by atoms with Crippen molar-refractivity contribution in [2.24, 2.45) is 0 Å². The summed E-state index contributed by atoms with van der Waals surface area (Å²) in [6, 6.07) is 8.21. The van der Waals surface area contributed by atoms with Gasteiger partial charge in [0.05, 0.1) is 0 Å². The van der Waals surface area contributed by atoms with E-state index in [0.717, 1.165) is 5.56 Å². The second kappa shape index (κ2) is 5.50. The molecule has 1 heterocycles. The lowest BCUT2D eigenvalue weighted by molar-refractivity contribution is -0.148. The number of carbonyl (C=O) groups excluding carboxylic acids is 1. The Morgan fingerprint density at radius 3 is 2.61 bits per heavy atom. The molecule has 0 spiro atoms. The number of aryl methyl sites for hydroxylation is 1. The first-order valence-electron chi connectivity index (χ1n) is 6.12. The van der Waals surface area contributed by atoms with Crippen molar-refractivity contribution >= 4 is 5.91 Å². The molecule has 3 atom stereocenters. The van der Waals surface area contributed by atoms with E-state index in [9.17, 15) is 4.79 Å². The van der Waals surface area contributed by atoms with Gasteiger partial charge >= 0.3 is 0 Å². The highest BCUT2D eigenvalue weighted by Crippen LogP contribution is 2.35. The molecule has 2 rings (SSSR count). The van der Waals surface area contributed by atoms with Crippen LogP contribution in [-0.4, -0.2) is 32.5 Å². The molecule has 4 nitrogen and oxygen atoms in total. The van der Waals surface area contributed by atoms with Crippen molar-refractivity contribution in [3.8, 4) is 0 Å². The van der Waals surface area contributed by atoms with Gasteiger partial charge in [-0.3, -0.25) is 4.79 Å². The Morgan fingerprint density at radius 1 is 1.39 bits per heavy atom. The van der Waals surface area contributed by atoms with Gasteiger partial charge in [0.25, 0.3) is 0 Å². The van der Waals surface area contributed by atoms with Crippen LogP contribution in [0.1, 0.15) is 23.5 Å². The van der Waals surface area contributed by atoms with Gasteiger partial charge in [-0.15, -0.1) is 0 Å². The van der Waals surface area contributed by atoms with Crippen LogP contribution in [0.25, 0.3) is 0 Å². The predicted octanol–water partition coefficient (Wildman–Crippen LogP) is 1.59. The van der Waals surface area contributed by atoms with E-state index in [1.807, 2.05) is 6.92 Å². The molecule has 0 unspecified atom stereocenters. The molecule has 0 bridgehead atoms. The van der Waals surface area contributed by atoms with Gasteiger partial charge in [-0.05, 0) is 12.5 Å². The molecule has 1 aromatic carbocycles. The average Bonchev–Trinajstić information content (AvgIpc) is 2.83. The largest absolute Gasteiger partial charge is 0.357 e. The first kappa shape index (κ1) is 13.1. The summed E-state index contributed by atoms with van der Waals surface area (Å²) in [5, 5.41) is 2.64. The Bertz CT molecular complexity index is 416. The van der Waals surface area contributed by atoms with Gasteiger partial charge in [0.1, 0.15) is 6.10 Å². The standard InChI is InChI=1S/C14H19NO3/c1-9-4-6-10(7-5-9)11-8-12(17-3)18-13(11)14(16)15-2/h4-7,11-13H,8H2,1-3H3,(H,15,16)/t11-,12+,13+/m1/s1. The fourth-order valence-corrected chi connectivity index (χ4v) is 2.31. The number of ether oxygens (including phenoxy) is 2. The molecule has 1 amide bonds. The summed E-state index contributed by atoms with van der Waals surface area (Å²) in [5.41, 5.74) is 2.33. The van der Waals surface area contributed by atoms with Crippen molar-refractivity contribution < 1.29 is 14.3 Å². The lowest BCUT2D eigenvalue weighted by atomic mass is 9.91. The van der Waals surface area contributed by atoms with E-state index < -0.39 is 6.10 Å². The third kappa shape index (κ3) is 2.54. The third-order valence-electron chi connectivity index (χ3n) is 3.38. The number of amides is 1. The van der Waals surface area contributed by atoms with Crippen LogP contribution in [0.15, 0.2) is 24.3 Å². The molecular weight excluding hydrogens is 230 g/mol. The molecule has 0 aromatic heterocycles. The molecule has 1 fully saturated rings. The van der Waals surface area contributed by atoms with E-state index in [-0.39, 0.29) is 18.1 Å². The second-order valence-electron chi connectivity index (χ2n) is 4.59.